The van der Waals surface area contributed by atoms with E-state index in [0.717, 1.165) is 24.5 Å². The second-order valence-electron chi connectivity index (χ2n) is 5.17. The summed E-state index contributed by atoms with van der Waals surface area (Å²) in [4.78, 5) is 22.6. The molecule has 9 heteroatoms. The number of amides is 1. The van der Waals surface area contributed by atoms with Crippen molar-refractivity contribution in [1.82, 2.24) is 20.0 Å². The number of carbonyl (C=O) groups is 1. The van der Waals surface area contributed by atoms with Gasteiger partial charge in [-0.25, -0.2) is 4.98 Å². The van der Waals surface area contributed by atoms with Crippen LogP contribution in [0.4, 0.5) is 5.13 Å². The van der Waals surface area contributed by atoms with E-state index < -0.39 is 0 Å². The Morgan fingerprint density at radius 3 is 3.09 bits per heavy atom. The van der Waals surface area contributed by atoms with Crippen LogP contribution >= 0.6 is 11.3 Å². The quantitative estimate of drug-likeness (QED) is 0.853. The fourth-order valence-corrected chi connectivity index (χ4v) is 3.06. The van der Waals surface area contributed by atoms with E-state index in [4.69, 9.17) is 9.26 Å². The van der Waals surface area contributed by atoms with Crippen molar-refractivity contribution in [3.05, 3.63) is 22.8 Å². The number of nitrogens with zero attached hydrogens (tertiary/aromatic N) is 4. The van der Waals surface area contributed by atoms with Crippen LogP contribution in [0.2, 0.25) is 0 Å². The first-order chi connectivity index (χ1) is 10.6. The number of carbonyl (C=O) groups excluding carboxylic acids is 1. The highest BCUT2D eigenvalue weighted by molar-refractivity contribution is 7.15. The molecule has 0 saturated carbocycles. The molecule has 0 unspecified atom stereocenters. The van der Waals surface area contributed by atoms with Crippen LogP contribution in [-0.4, -0.2) is 45.1 Å². The molecule has 0 aromatic carbocycles. The van der Waals surface area contributed by atoms with Gasteiger partial charge in [0.1, 0.15) is 6.61 Å². The summed E-state index contributed by atoms with van der Waals surface area (Å²) in [5, 5.41) is 7.12. The molecule has 3 heterocycles. The maximum atomic E-state index is 11.0. The number of ether oxygens (including phenoxy) is 1. The van der Waals surface area contributed by atoms with E-state index >= 15 is 0 Å². The lowest BCUT2D eigenvalue weighted by Crippen LogP contribution is -2.51. The standard InChI is InChI=1S/C13H17N5O3S/c1-8(19)15-13-14-3-11(22-13)6-18-4-10(5-18)20-7-12-16-9(2)21-17-12/h3,10H,4-7H2,1-2H3,(H,14,15,19). The molecule has 1 N–H and O–H groups in total. The van der Waals surface area contributed by atoms with Crippen LogP contribution < -0.4 is 5.32 Å². The summed E-state index contributed by atoms with van der Waals surface area (Å²) in [5.41, 5.74) is 0. The lowest BCUT2D eigenvalue weighted by molar-refractivity contribution is -0.114. The van der Waals surface area contributed by atoms with Gasteiger partial charge in [-0.15, -0.1) is 11.3 Å². The van der Waals surface area contributed by atoms with Crippen LogP contribution in [0.5, 0.6) is 0 Å². The number of rotatable bonds is 6. The average Bonchev–Trinajstić information content (AvgIpc) is 3.01. The Labute approximate surface area is 131 Å². The third kappa shape index (κ3) is 3.87. The molecule has 0 bridgehead atoms. The van der Waals surface area contributed by atoms with Crippen LogP contribution in [-0.2, 0) is 22.7 Å². The number of thiazole rings is 1. The number of aryl methyl sites for hydroxylation is 1. The third-order valence-electron chi connectivity index (χ3n) is 3.16. The van der Waals surface area contributed by atoms with Crippen LogP contribution in [0.3, 0.4) is 0 Å². The Kier molecular flexibility index (Phi) is 4.46. The summed E-state index contributed by atoms with van der Waals surface area (Å²) in [6, 6.07) is 0. The van der Waals surface area contributed by atoms with Crippen molar-refractivity contribution in [3.63, 3.8) is 0 Å². The van der Waals surface area contributed by atoms with E-state index in [1.165, 1.54) is 18.3 Å². The molecule has 0 aliphatic carbocycles. The minimum Gasteiger partial charge on any atom is -0.367 e. The van der Waals surface area contributed by atoms with Gasteiger partial charge < -0.3 is 14.6 Å². The molecule has 1 aliphatic heterocycles. The van der Waals surface area contributed by atoms with Crippen LogP contribution in [0, 0.1) is 6.92 Å². The second kappa shape index (κ2) is 6.51. The highest BCUT2D eigenvalue weighted by atomic mass is 32.1. The Morgan fingerprint density at radius 2 is 2.41 bits per heavy atom. The Hall–Kier alpha value is -1.84. The molecule has 1 amide bonds. The van der Waals surface area contributed by atoms with E-state index in [-0.39, 0.29) is 12.0 Å². The molecule has 22 heavy (non-hydrogen) atoms. The van der Waals surface area contributed by atoms with Gasteiger partial charge >= 0.3 is 0 Å². The maximum absolute atomic E-state index is 11.0. The van der Waals surface area contributed by atoms with Crippen molar-refractivity contribution >= 4 is 22.4 Å². The summed E-state index contributed by atoms with van der Waals surface area (Å²) in [6.45, 7) is 6.16. The van der Waals surface area contributed by atoms with E-state index in [9.17, 15) is 4.79 Å². The topological polar surface area (TPSA) is 93.4 Å². The van der Waals surface area contributed by atoms with Crippen molar-refractivity contribution in [2.75, 3.05) is 18.4 Å². The highest BCUT2D eigenvalue weighted by Crippen LogP contribution is 2.23. The van der Waals surface area contributed by atoms with Gasteiger partial charge in [-0.2, -0.15) is 4.98 Å². The van der Waals surface area contributed by atoms with Crippen molar-refractivity contribution in [2.45, 2.75) is 33.1 Å². The van der Waals surface area contributed by atoms with Gasteiger partial charge in [-0.05, 0) is 0 Å². The number of likely N-dealkylation sites (tertiary alicyclic amines) is 1. The first-order valence-electron chi connectivity index (χ1n) is 6.94. The van der Waals surface area contributed by atoms with Gasteiger partial charge in [0, 0.05) is 44.6 Å². The normalized spacial score (nSPS) is 15.7. The molecule has 118 valence electrons. The monoisotopic (exact) mass is 323 g/mol. The molecule has 2 aromatic rings. The maximum Gasteiger partial charge on any atom is 0.223 e. The lowest BCUT2D eigenvalue weighted by Gasteiger charge is -2.38. The van der Waals surface area contributed by atoms with Crippen molar-refractivity contribution < 1.29 is 14.1 Å². The molecule has 3 rings (SSSR count). The SMILES string of the molecule is CC(=O)Nc1ncc(CN2CC(OCc3noc(C)n3)C2)s1. The molecule has 0 spiro atoms. The smallest absolute Gasteiger partial charge is 0.223 e. The Balaban J connectivity index is 1.38. The van der Waals surface area contributed by atoms with Gasteiger partial charge in [-0.3, -0.25) is 9.69 Å². The van der Waals surface area contributed by atoms with Crippen molar-refractivity contribution in [1.29, 1.82) is 0 Å². The summed E-state index contributed by atoms with van der Waals surface area (Å²) >= 11 is 1.50. The molecule has 2 aromatic heterocycles. The zero-order chi connectivity index (χ0) is 15.5. The first-order valence-corrected chi connectivity index (χ1v) is 7.75. The van der Waals surface area contributed by atoms with Gasteiger partial charge in [0.2, 0.25) is 11.8 Å². The predicted octanol–water partition coefficient (Wildman–Crippen LogP) is 1.19. The average molecular weight is 323 g/mol. The fourth-order valence-electron chi connectivity index (χ4n) is 2.16. The molecule has 8 nitrogen and oxygen atoms in total. The summed E-state index contributed by atoms with van der Waals surface area (Å²) < 4.78 is 10.6. The van der Waals surface area contributed by atoms with Gasteiger partial charge in [-0.1, -0.05) is 5.16 Å². The first kappa shape index (κ1) is 15.1. The number of hydrogen-bond donors (Lipinski definition) is 1. The molecule has 1 saturated heterocycles. The van der Waals surface area contributed by atoms with Crippen molar-refractivity contribution in [3.8, 4) is 0 Å². The molecule has 1 aliphatic rings. The zero-order valence-corrected chi connectivity index (χ0v) is 13.2. The van der Waals surface area contributed by atoms with Gasteiger partial charge in [0.05, 0.1) is 6.10 Å². The molecule has 0 radical (unpaired) electrons. The Morgan fingerprint density at radius 1 is 1.59 bits per heavy atom. The Bertz CT molecular complexity index is 650. The van der Waals surface area contributed by atoms with E-state index in [1.807, 2.05) is 0 Å². The number of anilines is 1. The zero-order valence-electron chi connectivity index (χ0n) is 12.4. The minimum atomic E-state index is -0.102. The van der Waals surface area contributed by atoms with E-state index in [1.54, 1.807) is 13.1 Å². The third-order valence-corrected chi connectivity index (χ3v) is 4.05. The van der Waals surface area contributed by atoms with Crippen LogP contribution in [0.25, 0.3) is 0 Å². The molecular weight excluding hydrogens is 306 g/mol. The second-order valence-corrected chi connectivity index (χ2v) is 6.28. The summed E-state index contributed by atoms with van der Waals surface area (Å²) in [7, 11) is 0. The summed E-state index contributed by atoms with van der Waals surface area (Å²) in [5.74, 6) is 1.03. The van der Waals surface area contributed by atoms with Crippen LogP contribution in [0.15, 0.2) is 10.7 Å². The van der Waals surface area contributed by atoms with Gasteiger partial charge in [0.25, 0.3) is 0 Å². The number of hydrogen-bond acceptors (Lipinski definition) is 8. The predicted molar refractivity (Wildman–Crippen MR) is 79.3 cm³/mol. The van der Waals surface area contributed by atoms with Gasteiger partial charge in [0.15, 0.2) is 11.0 Å². The van der Waals surface area contributed by atoms with E-state index in [0.29, 0.717) is 23.5 Å². The lowest BCUT2D eigenvalue weighted by atomic mass is 10.1. The highest BCUT2D eigenvalue weighted by Gasteiger charge is 2.28. The minimum absolute atomic E-state index is 0.102. The molecule has 1 fully saturated rings. The number of aromatic nitrogens is 3. The molecule has 0 atom stereocenters. The van der Waals surface area contributed by atoms with E-state index in [2.05, 4.69) is 25.3 Å². The fraction of sp³-hybridized carbons (Fsp3) is 0.538. The summed E-state index contributed by atoms with van der Waals surface area (Å²) in [6.07, 6.45) is 1.99. The van der Waals surface area contributed by atoms with Crippen LogP contribution in [0.1, 0.15) is 23.5 Å². The number of nitrogens with one attached hydrogen (secondary N) is 1. The largest absolute Gasteiger partial charge is 0.367 e. The van der Waals surface area contributed by atoms with Crippen molar-refractivity contribution in [2.24, 2.45) is 0 Å². The molecular formula is C13H17N5O3S.